The largest absolute Gasteiger partial charge is 0.355 e. The van der Waals surface area contributed by atoms with E-state index in [0.717, 1.165) is 25.0 Å². The predicted molar refractivity (Wildman–Crippen MR) is 132 cm³/mol. The van der Waals surface area contributed by atoms with E-state index in [2.05, 4.69) is 66.8 Å². The van der Waals surface area contributed by atoms with Gasteiger partial charge in [0.2, 0.25) is 0 Å². The second-order valence-corrected chi connectivity index (χ2v) is 8.94. The molecule has 0 bridgehead atoms. The molecular weight excluding hydrogens is 396 g/mol. The van der Waals surface area contributed by atoms with Crippen molar-refractivity contribution >= 4 is 34.0 Å². The van der Waals surface area contributed by atoms with Crippen LogP contribution in [0.5, 0.6) is 0 Å². The van der Waals surface area contributed by atoms with Crippen LogP contribution in [0.2, 0.25) is 0 Å². The van der Waals surface area contributed by atoms with Crippen molar-refractivity contribution in [3.05, 3.63) is 48.5 Å². The number of imidazole rings is 2. The van der Waals surface area contributed by atoms with Crippen molar-refractivity contribution in [3.63, 3.8) is 0 Å². The molecule has 4 N–H and O–H groups in total. The molecule has 0 spiro atoms. The maximum Gasteiger partial charge on any atom is 0.355 e. The van der Waals surface area contributed by atoms with Gasteiger partial charge in [-0.05, 0) is 37.1 Å². The van der Waals surface area contributed by atoms with Crippen molar-refractivity contribution in [2.45, 2.75) is 64.5 Å². The fraction of sp³-hybridized carbons (Fsp3) is 0.462. The quantitative estimate of drug-likeness (QED) is 0.274. The summed E-state index contributed by atoms with van der Waals surface area (Å²) in [4.78, 5) is 0. The van der Waals surface area contributed by atoms with Crippen LogP contribution in [0.3, 0.4) is 0 Å². The lowest BCUT2D eigenvalue weighted by Gasteiger charge is -2.04. The van der Waals surface area contributed by atoms with Crippen LogP contribution in [0, 0.1) is 0 Å². The van der Waals surface area contributed by atoms with Gasteiger partial charge in [-0.2, -0.15) is 0 Å². The molecule has 0 fully saturated rings. The zero-order chi connectivity index (χ0) is 22.5. The van der Waals surface area contributed by atoms with Gasteiger partial charge in [-0.15, -0.1) is 0 Å². The van der Waals surface area contributed by atoms with E-state index in [1.165, 1.54) is 73.4 Å². The van der Waals surface area contributed by atoms with Crippen LogP contribution < -0.4 is 20.6 Å². The number of fused-ring (bicyclic) bond motifs is 2. The molecule has 0 saturated heterocycles. The molecule has 0 radical (unpaired) electrons. The van der Waals surface area contributed by atoms with Gasteiger partial charge in [0, 0.05) is 0 Å². The van der Waals surface area contributed by atoms with Gasteiger partial charge < -0.3 is 0 Å². The Morgan fingerprint density at radius 1 is 0.562 bits per heavy atom. The lowest BCUT2D eigenvalue weighted by atomic mass is 10.1. The van der Waals surface area contributed by atoms with Gasteiger partial charge in [0.25, 0.3) is 0 Å². The van der Waals surface area contributed by atoms with Crippen molar-refractivity contribution in [1.29, 1.82) is 0 Å². The predicted octanol–water partition coefficient (Wildman–Crippen LogP) is 4.23. The molecule has 4 rings (SSSR count). The van der Waals surface area contributed by atoms with E-state index in [-0.39, 0.29) is 0 Å². The van der Waals surface area contributed by atoms with Crippen molar-refractivity contribution in [1.82, 2.24) is 9.13 Å². The van der Waals surface area contributed by atoms with Gasteiger partial charge in [0.15, 0.2) is 0 Å². The highest BCUT2D eigenvalue weighted by Gasteiger charge is 2.18. The third kappa shape index (κ3) is 4.45. The summed E-state index contributed by atoms with van der Waals surface area (Å²) in [5, 5.41) is 0. The summed E-state index contributed by atoms with van der Waals surface area (Å²) < 4.78 is 8.68. The van der Waals surface area contributed by atoms with E-state index in [4.69, 9.17) is 11.5 Å². The molecule has 4 aromatic rings. The van der Waals surface area contributed by atoms with E-state index in [0.29, 0.717) is 0 Å². The van der Waals surface area contributed by atoms with Gasteiger partial charge in [0.1, 0.15) is 22.1 Å². The normalized spacial score (nSPS) is 11.7. The number of hydrogen-bond donors (Lipinski definition) is 2. The zero-order valence-electron chi connectivity index (χ0n) is 19.6. The fourth-order valence-corrected chi connectivity index (χ4v) is 4.88. The molecule has 0 atom stereocenters. The summed E-state index contributed by atoms with van der Waals surface area (Å²) in [6, 6.07) is 16.9. The highest BCUT2D eigenvalue weighted by molar-refractivity contribution is 5.74. The first-order valence-corrected chi connectivity index (χ1v) is 12.0. The minimum absolute atomic E-state index is 0.843. The molecule has 2 aromatic heterocycles. The van der Waals surface area contributed by atoms with Gasteiger partial charge in [-0.3, -0.25) is 11.5 Å². The zero-order valence-corrected chi connectivity index (χ0v) is 19.6. The first-order valence-electron chi connectivity index (χ1n) is 12.0. The minimum Gasteiger partial charge on any atom is -0.290 e. The highest BCUT2D eigenvalue weighted by Crippen LogP contribution is 2.18. The Labute approximate surface area is 191 Å². The van der Waals surface area contributed by atoms with Crippen LogP contribution >= 0.6 is 0 Å². The average molecular weight is 435 g/mol. The standard InChI is InChI=1S/C26H36N6/c1-29-21-15-9-11-17-23(21)31(25(29)27)19-13-7-5-3-4-6-8-14-20-32-24-18-12-10-16-22(24)30(2)26(32)28/h9-12,15-18,27-28H,3-8,13-14,19-20H2,1-2H3/p+2. The lowest BCUT2D eigenvalue weighted by Crippen LogP contribution is -2.31. The maximum absolute atomic E-state index is 6.32. The topological polar surface area (TPSA) is 69.7 Å². The van der Waals surface area contributed by atoms with Crippen LogP contribution in [0.1, 0.15) is 51.4 Å². The summed E-state index contributed by atoms with van der Waals surface area (Å²) in [5.41, 5.74) is 17.5. The molecule has 0 amide bonds. The number of nitrogen functional groups attached to an aromatic ring is 2. The number of hydrogen-bond acceptors (Lipinski definition) is 2. The Morgan fingerprint density at radius 2 is 0.906 bits per heavy atom. The monoisotopic (exact) mass is 434 g/mol. The third-order valence-electron chi connectivity index (χ3n) is 6.82. The molecule has 0 aliphatic rings. The van der Waals surface area contributed by atoms with Gasteiger partial charge in [-0.25, -0.2) is 18.3 Å². The summed E-state index contributed by atoms with van der Waals surface area (Å²) in [7, 11) is 4.09. The first-order chi connectivity index (χ1) is 15.6. The molecule has 32 heavy (non-hydrogen) atoms. The molecule has 6 heteroatoms. The second kappa shape index (κ2) is 10.1. The molecule has 0 aliphatic carbocycles. The number of nitrogens with zero attached hydrogens (tertiary/aromatic N) is 4. The Morgan fingerprint density at radius 3 is 1.31 bits per heavy atom. The van der Waals surface area contributed by atoms with Crippen molar-refractivity contribution in [2.24, 2.45) is 14.1 Å². The molecule has 0 saturated carbocycles. The second-order valence-electron chi connectivity index (χ2n) is 8.94. The molecule has 170 valence electrons. The number of rotatable bonds is 11. The number of benzene rings is 2. The molecule has 6 nitrogen and oxygen atoms in total. The number of anilines is 2. The molecular formula is C26H38N6+2. The Balaban J connectivity index is 1.12. The maximum atomic E-state index is 6.32. The first kappa shape index (κ1) is 22.2. The Kier molecular flexibility index (Phi) is 6.98. The minimum atomic E-state index is 0.843. The average Bonchev–Trinajstić information content (AvgIpc) is 3.20. The van der Waals surface area contributed by atoms with Crippen molar-refractivity contribution in [2.75, 3.05) is 11.5 Å². The Bertz CT molecular complexity index is 1090. The summed E-state index contributed by atoms with van der Waals surface area (Å²) in [5.74, 6) is 1.69. The summed E-state index contributed by atoms with van der Waals surface area (Å²) in [6.45, 7) is 1.99. The smallest absolute Gasteiger partial charge is 0.290 e. The van der Waals surface area contributed by atoms with Crippen molar-refractivity contribution < 1.29 is 9.13 Å². The summed E-state index contributed by atoms with van der Waals surface area (Å²) in [6.07, 6.45) is 10.1. The van der Waals surface area contributed by atoms with Crippen LogP contribution in [0.4, 0.5) is 11.9 Å². The van der Waals surface area contributed by atoms with Crippen LogP contribution in [0.25, 0.3) is 22.1 Å². The molecule has 2 heterocycles. The molecule has 0 aliphatic heterocycles. The Hall–Kier alpha value is -3.02. The van der Waals surface area contributed by atoms with Crippen molar-refractivity contribution in [3.8, 4) is 0 Å². The molecule has 0 unspecified atom stereocenters. The van der Waals surface area contributed by atoms with Gasteiger partial charge >= 0.3 is 11.9 Å². The number of aryl methyl sites for hydroxylation is 4. The van der Waals surface area contributed by atoms with Crippen LogP contribution in [0.15, 0.2) is 48.5 Å². The van der Waals surface area contributed by atoms with E-state index in [1.54, 1.807) is 0 Å². The third-order valence-corrected chi connectivity index (χ3v) is 6.82. The lowest BCUT2D eigenvalue weighted by molar-refractivity contribution is -0.630. The summed E-state index contributed by atoms with van der Waals surface area (Å²) >= 11 is 0. The highest BCUT2D eigenvalue weighted by atomic mass is 15.2. The van der Waals surface area contributed by atoms with E-state index < -0.39 is 0 Å². The van der Waals surface area contributed by atoms with Crippen LogP contribution in [-0.4, -0.2) is 9.13 Å². The number of aromatic nitrogens is 4. The number of para-hydroxylation sites is 4. The van der Waals surface area contributed by atoms with Gasteiger partial charge in [-0.1, -0.05) is 62.8 Å². The van der Waals surface area contributed by atoms with E-state index in [9.17, 15) is 0 Å². The van der Waals surface area contributed by atoms with Gasteiger partial charge in [0.05, 0.1) is 27.2 Å². The van der Waals surface area contributed by atoms with E-state index in [1.807, 2.05) is 14.1 Å². The number of nitrogens with two attached hydrogens (primary N) is 2. The SMILES string of the molecule is C[n+]1c(N)n(CCCCCCCCCCn2c(N)[n+](C)c3ccccc32)c2ccccc21. The van der Waals surface area contributed by atoms with Crippen LogP contribution in [-0.2, 0) is 27.2 Å². The van der Waals surface area contributed by atoms with E-state index >= 15 is 0 Å². The molecule has 2 aromatic carbocycles. The number of unbranched alkanes of at least 4 members (excludes halogenated alkanes) is 7. The fourth-order valence-electron chi connectivity index (χ4n) is 4.88.